The summed E-state index contributed by atoms with van der Waals surface area (Å²) in [4.78, 5) is 31.2. The number of nitrogens with zero attached hydrogens (tertiary/aromatic N) is 3. The van der Waals surface area contributed by atoms with Crippen LogP contribution in [-0.2, 0) is 15.9 Å². The minimum atomic E-state index is -0.868. The smallest absolute Gasteiger partial charge is 0.410 e. The Morgan fingerprint density at radius 1 is 1.18 bits per heavy atom. The Kier molecular flexibility index (Phi) is 6.85. The predicted octanol–water partition coefficient (Wildman–Crippen LogP) is 4.66. The number of ether oxygens (including phenoxy) is 2. The van der Waals surface area contributed by atoms with Gasteiger partial charge in [-0.05, 0) is 70.4 Å². The molecule has 3 aromatic rings. The van der Waals surface area contributed by atoms with E-state index in [1.807, 2.05) is 19.1 Å². The number of aromatic nitrogens is 2. The van der Waals surface area contributed by atoms with E-state index in [0.29, 0.717) is 24.5 Å². The SMILES string of the molecule is Cc1ccn2c(C[C@H]3CN(C(=O)OC(C)(C)C)CCO3)c(-c3c(F)cc(C(=O)NC4CC4)cc3F)nc2c1. The van der Waals surface area contributed by atoms with Crippen LogP contribution in [0.1, 0.15) is 55.2 Å². The average molecular weight is 527 g/mol. The molecule has 0 unspecified atom stereocenters. The molecule has 3 heterocycles. The first-order chi connectivity index (χ1) is 18.0. The molecular formula is C28H32F2N4O4. The van der Waals surface area contributed by atoms with Crippen molar-refractivity contribution >= 4 is 17.6 Å². The van der Waals surface area contributed by atoms with E-state index in [1.165, 1.54) is 0 Å². The third kappa shape index (κ3) is 5.65. The van der Waals surface area contributed by atoms with Crippen LogP contribution in [0.4, 0.5) is 13.6 Å². The van der Waals surface area contributed by atoms with Crippen LogP contribution in [0.25, 0.3) is 16.9 Å². The number of morpholine rings is 1. The van der Waals surface area contributed by atoms with Crippen LogP contribution in [0.15, 0.2) is 30.5 Å². The van der Waals surface area contributed by atoms with Crippen molar-refractivity contribution < 1.29 is 27.8 Å². The number of rotatable bonds is 5. The standard InChI is InChI=1S/C28H32F2N4O4/c1-16-7-8-34-22(14-19-15-33(9-10-37-19)27(36)38-28(2,3)4)25(32-23(34)11-16)24-20(29)12-17(13-21(24)30)26(35)31-18-5-6-18/h7-8,11-13,18-19H,5-6,9-10,14-15H2,1-4H3,(H,31,35)/t19-/m0/s1. The number of nitrogens with one attached hydrogen (secondary N) is 1. The second kappa shape index (κ2) is 9.98. The summed E-state index contributed by atoms with van der Waals surface area (Å²) in [5.41, 5.74) is 1.16. The number of aryl methyl sites for hydroxylation is 1. The number of pyridine rings is 1. The first kappa shape index (κ1) is 26.1. The fourth-order valence-electron chi connectivity index (χ4n) is 4.57. The Balaban J connectivity index is 1.48. The number of benzene rings is 1. The number of amides is 2. The van der Waals surface area contributed by atoms with Crippen molar-refractivity contribution in [3.63, 3.8) is 0 Å². The second-order valence-electron chi connectivity index (χ2n) is 11.0. The molecule has 0 bridgehead atoms. The molecule has 1 atom stereocenters. The first-order valence-electron chi connectivity index (χ1n) is 12.9. The van der Waals surface area contributed by atoms with Crippen LogP contribution in [0, 0.1) is 18.6 Å². The Morgan fingerprint density at radius 3 is 2.55 bits per heavy atom. The monoisotopic (exact) mass is 526 g/mol. The summed E-state index contributed by atoms with van der Waals surface area (Å²) < 4.78 is 44.1. The highest BCUT2D eigenvalue weighted by molar-refractivity contribution is 5.95. The largest absolute Gasteiger partial charge is 0.444 e. The van der Waals surface area contributed by atoms with Gasteiger partial charge < -0.3 is 24.1 Å². The number of halogens is 2. The Hall–Kier alpha value is -3.53. The molecule has 2 aromatic heterocycles. The van der Waals surface area contributed by atoms with Gasteiger partial charge in [0.15, 0.2) is 0 Å². The quantitative estimate of drug-likeness (QED) is 0.523. The van der Waals surface area contributed by atoms with Crippen molar-refractivity contribution in [2.45, 2.75) is 64.7 Å². The molecule has 10 heteroatoms. The summed E-state index contributed by atoms with van der Waals surface area (Å²) in [6, 6.07) is 5.88. The summed E-state index contributed by atoms with van der Waals surface area (Å²) >= 11 is 0. The van der Waals surface area contributed by atoms with E-state index >= 15 is 8.78 Å². The highest BCUT2D eigenvalue weighted by Gasteiger charge is 2.31. The summed E-state index contributed by atoms with van der Waals surface area (Å²) in [5, 5.41) is 2.75. The van der Waals surface area contributed by atoms with Crippen LogP contribution in [-0.4, -0.2) is 63.7 Å². The number of hydrogen-bond donors (Lipinski definition) is 1. The van der Waals surface area contributed by atoms with Gasteiger partial charge in [-0.1, -0.05) is 0 Å². The minimum Gasteiger partial charge on any atom is -0.444 e. The highest BCUT2D eigenvalue weighted by atomic mass is 19.1. The van der Waals surface area contributed by atoms with Crippen molar-refractivity contribution in [1.29, 1.82) is 0 Å². The van der Waals surface area contributed by atoms with Crippen molar-refractivity contribution in [3.8, 4) is 11.3 Å². The van der Waals surface area contributed by atoms with E-state index < -0.39 is 35.3 Å². The molecule has 1 saturated heterocycles. The van der Waals surface area contributed by atoms with E-state index in [9.17, 15) is 9.59 Å². The van der Waals surface area contributed by atoms with E-state index in [-0.39, 0.29) is 35.8 Å². The van der Waals surface area contributed by atoms with E-state index in [2.05, 4.69) is 10.3 Å². The highest BCUT2D eigenvalue weighted by Crippen LogP contribution is 2.32. The van der Waals surface area contributed by atoms with Gasteiger partial charge in [-0.2, -0.15) is 0 Å². The minimum absolute atomic E-state index is 0.0670. The molecule has 0 spiro atoms. The van der Waals surface area contributed by atoms with Crippen LogP contribution < -0.4 is 5.32 Å². The zero-order chi connectivity index (χ0) is 27.2. The molecule has 1 N–H and O–H groups in total. The van der Waals surface area contributed by atoms with Gasteiger partial charge in [0.25, 0.3) is 5.91 Å². The van der Waals surface area contributed by atoms with Gasteiger partial charge >= 0.3 is 6.09 Å². The lowest BCUT2D eigenvalue weighted by Gasteiger charge is -2.34. The third-order valence-corrected chi connectivity index (χ3v) is 6.55. The van der Waals surface area contributed by atoms with E-state index in [1.54, 1.807) is 36.3 Å². The van der Waals surface area contributed by atoms with Crippen LogP contribution in [0.2, 0.25) is 0 Å². The predicted molar refractivity (Wildman–Crippen MR) is 137 cm³/mol. The fraction of sp³-hybridized carbons (Fsp3) is 0.464. The molecule has 202 valence electrons. The first-order valence-corrected chi connectivity index (χ1v) is 12.9. The maximum absolute atomic E-state index is 15.4. The molecule has 1 saturated carbocycles. The number of imidazole rings is 1. The molecule has 1 aromatic carbocycles. The lowest BCUT2D eigenvalue weighted by Crippen LogP contribution is -2.48. The number of carbonyl (C=O) groups is 2. The molecule has 1 aliphatic carbocycles. The molecule has 1 aliphatic heterocycles. The normalized spacial score (nSPS) is 18.1. The fourth-order valence-corrected chi connectivity index (χ4v) is 4.57. The van der Waals surface area contributed by atoms with Gasteiger partial charge in [-0.25, -0.2) is 18.6 Å². The lowest BCUT2D eigenvalue weighted by molar-refractivity contribution is -0.0418. The van der Waals surface area contributed by atoms with Crippen LogP contribution in [0.3, 0.4) is 0 Å². The summed E-state index contributed by atoms with van der Waals surface area (Å²) in [5.74, 6) is -2.24. The van der Waals surface area contributed by atoms with E-state index in [0.717, 1.165) is 30.5 Å². The number of carbonyl (C=O) groups excluding carboxylic acids is 2. The van der Waals surface area contributed by atoms with Crippen molar-refractivity contribution in [2.24, 2.45) is 0 Å². The van der Waals surface area contributed by atoms with Crippen molar-refractivity contribution in [3.05, 3.63) is 58.9 Å². The summed E-state index contributed by atoms with van der Waals surface area (Å²) in [6.45, 7) is 8.28. The third-order valence-electron chi connectivity index (χ3n) is 6.55. The zero-order valence-electron chi connectivity index (χ0n) is 22.0. The molecule has 5 rings (SSSR count). The Morgan fingerprint density at radius 2 is 1.89 bits per heavy atom. The molecule has 8 nitrogen and oxygen atoms in total. The topological polar surface area (TPSA) is 85.2 Å². The van der Waals surface area contributed by atoms with Gasteiger partial charge in [0.2, 0.25) is 0 Å². The van der Waals surface area contributed by atoms with Gasteiger partial charge in [0.1, 0.15) is 22.9 Å². The molecular weight excluding hydrogens is 494 g/mol. The van der Waals surface area contributed by atoms with E-state index in [4.69, 9.17) is 9.47 Å². The zero-order valence-corrected chi connectivity index (χ0v) is 22.0. The Labute approximate surface area is 219 Å². The molecule has 0 radical (unpaired) electrons. The molecule has 2 aliphatic rings. The maximum atomic E-state index is 15.4. The van der Waals surface area contributed by atoms with Gasteiger partial charge in [-0.15, -0.1) is 0 Å². The van der Waals surface area contributed by atoms with Crippen LogP contribution in [0.5, 0.6) is 0 Å². The second-order valence-corrected chi connectivity index (χ2v) is 11.0. The average Bonchev–Trinajstić information content (AvgIpc) is 3.58. The van der Waals surface area contributed by atoms with Crippen LogP contribution >= 0.6 is 0 Å². The summed E-state index contributed by atoms with van der Waals surface area (Å²) in [6.07, 6.45) is 2.92. The van der Waals surface area contributed by atoms with Crippen molar-refractivity contribution in [1.82, 2.24) is 19.6 Å². The molecule has 2 fully saturated rings. The summed E-state index contributed by atoms with van der Waals surface area (Å²) in [7, 11) is 0. The van der Waals surface area contributed by atoms with Gasteiger partial charge in [0, 0.05) is 30.8 Å². The number of fused-ring (bicyclic) bond motifs is 1. The van der Waals surface area contributed by atoms with Gasteiger partial charge in [0.05, 0.1) is 36.2 Å². The number of hydrogen-bond acceptors (Lipinski definition) is 5. The molecule has 38 heavy (non-hydrogen) atoms. The Bertz CT molecular complexity index is 1370. The van der Waals surface area contributed by atoms with Crippen molar-refractivity contribution in [2.75, 3.05) is 19.7 Å². The molecule has 2 amide bonds. The van der Waals surface area contributed by atoms with Gasteiger partial charge in [-0.3, -0.25) is 4.79 Å². The maximum Gasteiger partial charge on any atom is 0.410 e. The lowest BCUT2D eigenvalue weighted by atomic mass is 10.0.